The first-order valence-corrected chi connectivity index (χ1v) is 8.72. The highest BCUT2D eigenvalue weighted by Crippen LogP contribution is 2.21. The third kappa shape index (κ3) is 4.38. The lowest BCUT2D eigenvalue weighted by molar-refractivity contribution is -0.122. The highest BCUT2D eigenvalue weighted by Gasteiger charge is 2.31. The monoisotopic (exact) mass is 356 g/mol. The van der Waals surface area contributed by atoms with Crippen molar-refractivity contribution in [3.63, 3.8) is 0 Å². The number of hydrogen-bond acceptors (Lipinski definition) is 5. The van der Waals surface area contributed by atoms with Crippen molar-refractivity contribution in [2.24, 2.45) is 7.05 Å². The summed E-state index contributed by atoms with van der Waals surface area (Å²) in [6, 6.07) is 5.35. The van der Waals surface area contributed by atoms with Gasteiger partial charge in [0.2, 0.25) is 5.91 Å². The van der Waals surface area contributed by atoms with Crippen LogP contribution in [0.5, 0.6) is 0 Å². The van der Waals surface area contributed by atoms with Gasteiger partial charge in [-0.2, -0.15) is 5.10 Å². The Balaban J connectivity index is 1.37. The average Bonchev–Trinajstić information content (AvgIpc) is 2.89. The van der Waals surface area contributed by atoms with Crippen LogP contribution < -0.4 is 16.4 Å². The van der Waals surface area contributed by atoms with Crippen LogP contribution in [0.25, 0.3) is 0 Å². The summed E-state index contributed by atoms with van der Waals surface area (Å²) in [4.78, 5) is 28.0. The first-order valence-electron chi connectivity index (χ1n) is 8.72. The fourth-order valence-electron chi connectivity index (χ4n) is 3.01. The molecule has 2 amide bonds. The van der Waals surface area contributed by atoms with Crippen molar-refractivity contribution in [3.8, 4) is 0 Å². The maximum Gasteiger partial charge on any atom is 0.251 e. The number of nitrogen functional groups attached to an aromatic ring is 1. The summed E-state index contributed by atoms with van der Waals surface area (Å²) in [6.07, 6.45) is 4.03. The predicted molar refractivity (Wildman–Crippen MR) is 97.3 cm³/mol. The number of carbonyl (C=O) groups excluding carboxylic acids is 2. The van der Waals surface area contributed by atoms with Crippen molar-refractivity contribution in [2.75, 3.05) is 5.73 Å². The van der Waals surface area contributed by atoms with E-state index in [-0.39, 0.29) is 23.9 Å². The maximum absolute atomic E-state index is 12.1. The predicted octanol–water partition coefficient (Wildman–Crippen LogP) is 0.716. The van der Waals surface area contributed by atoms with Crippen LogP contribution in [-0.2, 0) is 18.3 Å². The highest BCUT2D eigenvalue weighted by molar-refractivity contribution is 5.95. The molecule has 0 aromatic carbocycles. The van der Waals surface area contributed by atoms with Gasteiger partial charge in [0.05, 0.1) is 5.69 Å². The van der Waals surface area contributed by atoms with Crippen molar-refractivity contribution in [1.82, 2.24) is 25.4 Å². The quantitative estimate of drug-likeness (QED) is 0.705. The molecule has 2 aromatic heterocycles. The molecule has 1 aliphatic rings. The normalized spacial score (nSPS) is 18.8. The first-order chi connectivity index (χ1) is 12.4. The number of anilines is 1. The lowest BCUT2D eigenvalue weighted by Gasteiger charge is -2.36. The van der Waals surface area contributed by atoms with Crippen LogP contribution in [0.2, 0.25) is 0 Å². The second-order valence-electron chi connectivity index (χ2n) is 6.78. The van der Waals surface area contributed by atoms with E-state index < -0.39 is 0 Å². The third-order valence-electron chi connectivity index (χ3n) is 4.65. The molecule has 8 nitrogen and oxygen atoms in total. The lowest BCUT2D eigenvalue weighted by atomic mass is 9.86. The number of rotatable bonds is 6. The minimum atomic E-state index is -0.167. The SMILES string of the molecule is Cc1cc(CCC(=O)NC2CC(NC(=O)c3ccnc(N)c3)C2)nn1C. The second-order valence-corrected chi connectivity index (χ2v) is 6.78. The van der Waals surface area contributed by atoms with Crippen LogP contribution in [-0.4, -0.2) is 38.7 Å². The number of hydrogen-bond donors (Lipinski definition) is 3. The van der Waals surface area contributed by atoms with Gasteiger partial charge in [0.25, 0.3) is 5.91 Å². The molecule has 3 rings (SSSR count). The standard InChI is InChI=1S/C18H24N6O2/c1-11-7-13(23-24(11)2)3-4-17(25)21-14-9-15(10-14)22-18(26)12-5-6-20-16(19)8-12/h5-8,14-15H,3-4,9-10H2,1-2H3,(H2,19,20)(H,21,25)(H,22,26). The zero-order chi connectivity index (χ0) is 18.7. The average molecular weight is 356 g/mol. The van der Waals surface area contributed by atoms with E-state index in [1.807, 2.05) is 24.7 Å². The minimum Gasteiger partial charge on any atom is -0.384 e. The van der Waals surface area contributed by atoms with E-state index in [0.717, 1.165) is 24.2 Å². The van der Waals surface area contributed by atoms with E-state index >= 15 is 0 Å². The number of aromatic nitrogens is 3. The van der Waals surface area contributed by atoms with Gasteiger partial charge in [0.15, 0.2) is 0 Å². The molecule has 1 saturated carbocycles. The molecule has 2 aromatic rings. The van der Waals surface area contributed by atoms with Gasteiger partial charge in [-0.25, -0.2) is 4.98 Å². The van der Waals surface area contributed by atoms with Crippen molar-refractivity contribution in [3.05, 3.63) is 41.3 Å². The van der Waals surface area contributed by atoms with Crippen LogP contribution in [0.15, 0.2) is 24.4 Å². The Hall–Kier alpha value is -2.90. The molecule has 26 heavy (non-hydrogen) atoms. The van der Waals surface area contributed by atoms with Gasteiger partial charge in [-0.05, 0) is 38.0 Å². The van der Waals surface area contributed by atoms with Gasteiger partial charge in [0.1, 0.15) is 5.82 Å². The Morgan fingerprint density at radius 2 is 2.00 bits per heavy atom. The van der Waals surface area contributed by atoms with Crippen molar-refractivity contribution < 1.29 is 9.59 Å². The Labute approximate surface area is 152 Å². The van der Waals surface area contributed by atoms with Crippen LogP contribution in [0.1, 0.15) is 41.0 Å². The summed E-state index contributed by atoms with van der Waals surface area (Å²) < 4.78 is 1.81. The highest BCUT2D eigenvalue weighted by atomic mass is 16.2. The van der Waals surface area contributed by atoms with E-state index in [4.69, 9.17) is 5.73 Å². The van der Waals surface area contributed by atoms with Crippen LogP contribution >= 0.6 is 0 Å². The Kier molecular flexibility index (Phi) is 5.20. The van der Waals surface area contributed by atoms with Gasteiger partial charge in [-0.3, -0.25) is 14.3 Å². The molecule has 0 atom stereocenters. The smallest absolute Gasteiger partial charge is 0.251 e. The molecule has 138 valence electrons. The van der Waals surface area contributed by atoms with Gasteiger partial charge in [-0.15, -0.1) is 0 Å². The van der Waals surface area contributed by atoms with E-state index in [1.165, 1.54) is 6.20 Å². The van der Waals surface area contributed by atoms with Crippen molar-refractivity contribution in [1.29, 1.82) is 0 Å². The summed E-state index contributed by atoms with van der Waals surface area (Å²) in [5.74, 6) is 0.170. The summed E-state index contributed by atoms with van der Waals surface area (Å²) in [5.41, 5.74) is 8.09. The molecule has 8 heteroatoms. The Morgan fingerprint density at radius 3 is 2.65 bits per heavy atom. The largest absolute Gasteiger partial charge is 0.384 e. The molecule has 4 N–H and O–H groups in total. The first kappa shape index (κ1) is 17.9. The van der Waals surface area contributed by atoms with Crippen molar-refractivity contribution in [2.45, 2.75) is 44.7 Å². The molecule has 0 aliphatic heterocycles. The number of pyridine rings is 1. The van der Waals surface area contributed by atoms with Crippen LogP contribution in [0.3, 0.4) is 0 Å². The summed E-state index contributed by atoms with van der Waals surface area (Å²) in [7, 11) is 1.89. The number of amides is 2. The molecule has 0 spiro atoms. The van der Waals surface area contributed by atoms with Gasteiger partial charge >= 0.3 is 0 Å². The van der Waals surface area contributed by atoms with Crippen molar-refractivity contribution >= 4 is 17.6 Å². The fourth-order valence-corrected chi connectivity index (χ4v) is 3.01. The Morgan fingerprint density at radius 1 is 1.27 bits per heavy atom. The maximum atomic E-state index is 12.1. The molecule has 0 bridgehead atoms. The van der Waals surface area contributed by atoms with Gasteiger partial charge < -0.3 is 16.4 Å². The molecule has 0 unspecified atom stereocenters. The summed E-state index contributed by atoms with van der Waals surface area (Å²) in [6.45, 7) is 1.99. The third-order valence-corrected chi connectivity index (χ3v) is 4.65. The number of nitrogens with zero attached hydrogens (tertiary/aromatic N) is 3. The second kappa shape index (κ2) is 7.55. The number of aryl methyl sites for hydroxylation is 3. The van der Waals surface area contributed by atoms with E-state index in [0.29, 0.717) is 24.2 Å². The number of carbonyl (C=O) groups is 2. The summed E-state index contributed by atoms with van der Waals surface area (Å²) >= 11 is 0. The number of nitrogens with two attached hydrogens (primary N) is 1. The fraction of sp³-hybridized carbons (Fsp3) is 0.444. The summed E-state index contributed by atoms with van der Waals surface area (Å²) in [5, 5.41) is 10.3. The van der Waals surface area contributed by atoms with Crippen LogP contribution in [0.4, 0.5) is 5.82 Å². The molecular weight excluding hydrogens is 332 g/mol. The molecule has 0 saturated heterocycles. The van der Waals surface area contributed by atoms with Gasteiger partial charge in [-0.1, -0.05) is 0 Å². The zero-order valence-corrected chi connectivity index (χ0v) is 15.0. The molecular formula is C18H24N6O2. The Bertz CT molecular complexity index is 790. The zero-order valence-electron chi connectivity index (χ0n) is 15.0. The minimum absolute atomic E-state index is 0.0185. The van der Waals surface area contributed by atoms with E-state index in [9.17, 15) is 9.59 Å². The lowest BCUT2D eigenvalue weighted by Crippen LogP contribution is -2.53. The van der Waals surface area contributed by atoms with E-state index in [1.54, 1.807) is 12.1 Å². The molecule has 1 fully saturated rings. The molecule has 0 radical (unpaired) electrons. The van der Waals surface area contributed by atoms with Gasteiger partial charge in [0, 0.05) is 49.4 Å². The molecule has 2 heterocycles. The topological polar surface area (TPSA) is 115 Å². The molecule has 1 aliphatic carbocycles. The van der Waals surface area contributed by atoms with Crippen LogP contribution in [0, 0.1) is 6.92 Å². The number of nitrogens with one attached hydrogen (secondary N) is 2. The van der Waals surface area contributed by atoms with E-state index in [2.05, 4.69) is 20.7 Å².